The Morgan fingerprint density at radius 3 is 2.65 bits per heavy atom. The van der Waals surface area contributed by atoms with E-state index >= 15 is 0 Å². The quantitative estimate of drug-likeness (QED) is 0.725. The van der Waals surface area contributed by atoms with Gasteiger partial charge in [0, 0.05) is 13.1 Å². The molecule has 0 atom stereocenters. The second-order valence-corrected chi connectivity index (χ2v) is 4.64. The van der Waals surface area contributed by atoms with Gasteiger partial charge < -0.3 is 15.0 Å². The zero-order valence-corrected chi connectivity index (χ0v) is 11.7. The van der Waals surface area contributed by atoms with Crippen molar-refractivity contribution in [3.8, 4) is 5.19 Å². The van der Waals surface area contributed by atoms with Gasteiger partial charge in [-0.3, -0.25) is 0 Å². The molecule has 1 aromatic heterocycles. The zero-order valence-electron chi connectivity index (χ0n) is 10.9. The molecule has 0 saturated heterocycles. The largest absolute Gasteiger partial charge is 0.468 e. The van der Waals surface area contributed by atoms with E-state index in [0.29, 0.717) is 11.8 Å². The lowest BCUT2D eigenvalue weighted by Crippen LogP contribution is -2.27. The lowest BCUT2D eigenvalue weighted by molar-refractivity contribution is 0.221. The summed E-state index contributed by atoms with van der Waals surface area (Å²) in [5, 5.41) is 12.9. The first-order valence-electron chi connectivity index (χ1n) is 6.18. The molecule has 0 aliphatic heterocycles. The van der Waals surface area contributed by atoms with Gasteiger partial charge in [-0.25, -0.2) is 0 Å². The summed E-state index contributed by atoms with van der Waals surface area (Å²) in [6.07, 6.45) is 0. The second kappa shape index (κ2) is 8.38. The number of nitrogens with one attached hydrogen (secondary N) is 1. The van der Waals surface area contributed by atoms with E-state index in [-0.39, 0.29) is 0 Å². The molecule has 6 heteroatoms. The van der Waals surface area contributed by atoms with Gasteiger partial charge in [-0.15, -0.1) is 10.2 Å². The van der Waals surface area contributed by atoms with E-state index in [0.717, 1.165) is 37.7 Å². The third-order valence-corrected chi connectivity index (χ3v) is 3.34. The van der Waals surface area contributed by atoms with Crippen molar-refractivity contribution in [2.75, 3.05) is 32.8 Å². The number of ether oxygens (including phenoxy) is 1. The van der Waals surface area contributed by atoms with Crippen LogP contribution < -0.4 is 10.1 Å². The van der Waals surface area contributed by atoms with Crippen molar-refractivity contribution in [3.05, 3.63) is 5.01 Å². The van der Waals surface area contributed by atoms with Gasteiger partial charge in [0.1, 0.15) is 11.6 Å². The maximum Gasteiger partial charge on any atom is 0.294 e. The van der Waals surface area contributed by atoms with Crippen LogP contribution in [0.2, 0.25) is 0 Å². The maximum absolute atomic E-state index is 5.58. The molecule has 0 fully saturated rings. The number of hydrogen-bond donors (Lipinski definition) is 1. The highest BCUT2D eigenvalue weighted by molar-refractivity contribution is 7.13. The number of hydrogen-bond acceptors (Lipinski definition) is 6. The van der Waals surface area contributed by atoms with Crippen molar-refractivity contribution in [1.82, 2.24) is 20.4 Å². The van der Waals surface area contributed by atoms with Crippen molar-refractivity contribution in [3.63, 3.8) is 0 Å². The average molecular weight is 258 g/mol. The summed E-state index contributed by atoms with van der Waals surface area (Å²) in [7, 11) is 0. The number of rotatable bonds is 9. The fraction of sp³-hybridized carbons (Fsp3) is 0.818. The minimum Gasteiger partial charge on any atom is -0.468 e. The van der Waals surface area contributed by atoms with Crippen molar-refractivity contribution in [1.29, 1.82) is 0 Å². The number of aromatic nitrogens is 2. The first-order valence-corrected chi connectivity index (χ1v) is 7.00. The Morgan fingerprint density at radius 1 is 1.24 bits per heavy atom. The summed E-state index contributed by atoms with van der Waals surface area (Å²) in [6.45, 7) is 11.8. The molecule has 98 valence electrons. The summed E-state index contributed by atoms with van der Waals surface area (Å²) in [5.41, 5.74) is 0. The molecule has 1 rings (SSSR count). The molecule has 5 nitrogen and oxygen atoms in total. The lowest BCUT2D eigenvalue weighted by atomic mass is 10.5. The first kappa shape index (κ1) is 14.3. The fourth-order valence-corrected chi connectivity index (χ4v) is 2.08. The highest BCUT2D eigenvalue weighted by atomic mass is 32.1. The van der Waals surface area contributed by atoms with Crippen LogP contribution in [0.1, 0.15) is 25.8 Å². The van der Waals surface area contributed by atoms with E-state index in [1.54, 1.807) is 0 Å². The third kappa shape index (κ3) is 5.43. The first-order chi connectivity index (χ1) is 8.30. The number of nitrogens with zero attached hydrogens (tertiary/aromatic N) is 3. The third-order valence-electron chi connectivity index (χ3n) is 2.50. The summed E-state index contributed by atoms with van der Waals surface area (Å²) >= 11 is 1.51. The Kier molecular flexibility index (Phi) is 7.07. The Hall–Kier alpha value is -0.720. The molecule has 1 heterocycles. The molecule has 0 bridgehead atoms. The molecule has 0 aromatic carbocycles. The molecule has 0 amide bonds. The van der Waals surface area contributed by atoms with Gasteiger partial charge in [-0.05, 0) is 19.6 Å². The maximum atomic E-state index is 5.58. The minimum atomic E-state index is 0.671. The smallest absolute Gasteiger partial charge is 0.294 e. The molecule has 0 spiro atoms. The van der Waals surface area contributed by atoms with Crippen molar-refractivity contribution in [2.45, 2.75) is 27.3 Å². The van der Waals surface area contributed by atoms with Gasteiger partial charge >= 0.3 is 0 Å². The molecule has 0 aliphatic rings. The normalized spacial score (nSPS) is 11.1. The Bertz CT molecular complexity index is 301. The Balaban J connectivity index is 2.24. The van der Waals surface area contributed by atoms with Crippen molar-refractivity contribution in [2.24, 2.45) is 0 Å². The predicted molar refractivity (Wildman–Crippen MR) is 70.6 cm³/mol. The van der Waals surface area contributed by atoms with Gasteiger partial charge in [-0.2, -0.15) is 0 Å². The van der Waals surface area contributed by atoms with Crippen LogP contribution in [0, 0.1) is 0 Å². The van der Waals surface area contributed by atoms with E-state index in [9.17, 15) is 0 Å². The van der Waals surface area contributed by atoms with Gasteiger partial charge in [0.15, 0.2) is 0 Å². The van der Waals surface area contributed by atoms with E-state index < -0.39 is 0 Å². The summed E-state index contributed by atoms with van der Waals surface area (Å²) in [5.74, 6) is 0. The van der Waals surface area contributed by atoms with Crippen LogP contribution in [0.5, 0.6) is 5.19 Å². The van der Waals surface area contributed by atoms with Crippen LogP contribution >= 0.6 is 11.3 Å². The lowest BCUT2D eigenvalue weighted by Gasteiger charge is -2.16. The summed E-state index contributed by atoms with van der Waals surface area (Å²) < 4.78 is 5.58. The van der Waals surface area contributed by atoms with Gasteiger partial charge in [0.2, 0.25) is 0 Å². The van der Waals surface area contributed by atoms with Crippen molar-refractivity contribution >= 4 is 11.3 Å². The highest BCUT2D eigenvalue weighted by Crippen LogP contribution is 2.17. The standard InChI is InChI=1S/C11H22N4OS/c1-4-12-9-10-13-14-11(17-10)16-8-7-15(5-2)6-3/h12H,4-9H2,1-3H3. The van der Waals surface area contributed by atoms with Gasteiger partial charge in [-0.1, -0.05) is 32.1 Å². The van der Waals surface area contributed by atoms with Crippen LogP contribution in [-0.4, -0.2) is 47.9 Å². The van der Waals surface area contributed by atoms with Crippen molar-refractivity contribution < 1.29 is 4.74 Å². The molecule has 0 saturated carbocycles. The Labute approximate surface area is 107 Å². The summed E-state index contributed by atoms with van der Waals surface area (Å²) in [6, 6.07) is 0. The van der Waals surface area contributed by atoms with E-state index in [4.69, 9.17) is 4.74 Å². The second-order valence-electron chi connectivity index (χ2n) is 3.62. The molecule has 1 aromatic rings. The van der Waals surface area contributed by atoms with Crippen LogP contribution in [0.4, 0.5) is 0 Å². The van der Waals surface area contributed by atoms with Crippen LogP contribution in [0.15, 0.2) is 0 Å². The van der Waals surface area contributed by atoms with Crippen LogP contribution in [0.25, 0.3) is 0 Å². The zero-order chi connectivity index (χ0) is 12.5. The molecule has 0 unspecified atom stereocenters. The molecule has 1 N–H and O–H groups in total. The summed E-state index contributed by atoms with van der Waals surface area (Å²) in [4.78, 5) is 2.32. The molecular formula is C11H22N4OS. The SMILES string of the molecule is CCNCc1nnc(OCCN(CC)CC)s1. The van der Waals surface area contributed by atoms with E-state index in [2.05, 4.69) is 41.2 Å². The average Bonchev–Trinajstić information content (AvgIpc) is 2.80. The Morgan fingerprint density at radius 2 is 2.00 bits per heavy atom. The van der Waals surface area contributed by atoms with Gasteiger partial charge in [0.05, 0.1) is 0 Å². The van der Waals surface area contributed by atoms with E-state index in [1.165, 1.54) is 11.3 Å². The monoisotopic (exact) mass is 258 g/mol. The molecule has 17 heavy (non-hydrogen) atoms. The van der Waals surface area contributed by atoms with E-state index in [1.807, 2.05) is 0 Å². The van der Waals surface area contributed by atoms with Crippen LogP contribution in [0.3, 0.4) is 0 Å². The number of likely N-dealkylation sites (N-methyl/N-ethyl adjacent to an activating group) is 1. The molecular weight excluding hydrogens is 236 g/mol. The highest BCUT2D eigenvalue weighted by Gasteiger charge is 2.05. The predicted octanol–water partition coefficient (Wildman–Crippen LogP) is 1.37. The molecule has 0 radical (unpaired) electrons. The topological polar surface area (TPSA) is 50.3 Å². The fourth-order valence-electron chi connectivity index (χ4n) is 1.40. The van der Waals surface area contributed by atoms with Crippen LogP contribution in [-0.2, 0) is 6.54 Å². The minimum absolute atomic E-state index is 0.671. The van der Waals surface area contributed by atoms with Gasteiger partial charge in [0.25, 0.3) is 5.19 Å². The molecule has 0 aliphatic carbocycles.